The molecular formula is C24H29N5O2. The molecule has 31 heavy (non-hydrogen) atoms. The summed E-state index contributed by atoms with van der Waals surface area (Å²) in [6.07, 6.45) is 2.40. The summed E-state index contributed by atoms with van der Waals surface area (Å²) in [6.45, 7) is 6.01. The van der Waals surface area contributed by atoms with E-state index in [9.17, 15) is 9.59 Å². The molecule has 0 aliphatic carbocycles. The summed E-state index contributed by atoms with van der Waals surface area (Å²) >= 11 is 0. The number of aromatic nitrogens is 2. The van der Waals surface area contributed by atoms with E-state index in [1.807, 2.05) is 60.4 Å². The van der Waals surface area contributed by atoms with Crippen molar-refractivity contribution in [3.05, 3.63) is 64.4 Å². The second-order valence-electron chi connectivity index (χ2n) is 7.84. The molecule has 1 aliphatic heterocycles. The van der Waals surface area contributed by atoms with Gasteiger partial charge < -0.3 is 20.1 Å². The average Bonchev–Trinajstić information content (AvgIpc) is 2.79. The molecule has 1 saturated heterocycles. The van der Waals surface area contributed by atoms with Gasteiger partial charge in [0.15, 0.2) is 5.82 Å². The van der Waals surface area contributed by atoms with Crippen LogP contribution >= 0.6 is 0 Å². The maximum Gasteiger partial charge on any atom is 0.319 e. The van der Waals surface area contributed by atoms with Crippen LogP contribution in [0, 0.1) is 0 Å². The van der Waals surface area contributed by atoms with Gasteiger partial charge in [0, 0.05) is 31.4 Å². The lowest BCUT2D eigenvalue weighted by atomic mass is 10.1. The molecule has 0 unspecified atom stereocenters. The number of nitrogens with one attached hydrogen (secondary N) is 2. The Morgan fingerprint density at radius 1 is 1.06 bits per heavy atom. The van der Waals surface area contributed by atoms with Crippen molar-refractivity contribution in [3.63, 3.8) is 0 Å². The molecule has 2 aromatic carbocycles. The maximum absolute atomic E-state index is 13.0. The third-order valence-electron chi connectivity index (χ3n) is 5.93. The number of carbonyl (C=O) groups excluding carboxylic acids is 1. The molecule has 2 heterocycles. The van der Waals surface area contributed by atoms with Gasteiger partial charge in [0.25, 0.3) is 5.56 Å². The minimum atomic E-state index is -0.184. The third kappa shape index (κ3) is 4.40. The number of urea groups is 1. The number of hydrogen-bond donors (Lipinski definition) is 2. The van der Waals surface area contributed by atoms with Crippen molar-refractivity contribution in [1.82, 2.24) is 14.9 Å². The van der Waals surface area contributed by atoms with Crippen LogP contribution in [0.3, 0.4) is 0 Å². The molecule has 0 bridgehead atoms. The van der Waals surface area contributed by atoms with Crippen molar-refractivity contribution >= 4 is 28.6 Å². The van der Waals surface area contributed by atoms with Crippen molar-refractivity contribution in [1.29, 1.82) is 0 Å². The fraction of sp³-hybridized carbons (Fsp3) is 0.375. The summed E-state index contributed by atoms with van der Waals surface area (Å²) in [5, 5.41) is 6.04. The van der Waals surface area contributed by atoms with E-state index < -0.39 is 0 Å². The van der Waals surface area contributed by atoms with Gasteiger partial charge in [-0.05, 0) is 49.9 Å². The van der Waals surface area contributed by atoms with Gasteiger partial charge >= 0.3 is 6.03 Å². The topological polar surface area (TPSA) is 79.3 Å². The van der Waals surface area contributed by atoms with Crippen molar-refractivity contribution in [2.45, 2.75) is 45.7 Å². The van der Waals surface area contributed by atoms with Crippen LogP contribution in [0.2, 0.25) is 0 Å². The van der Waals surface area contributed by atoms with Crippen LogP contribution in [0.5, 0.6) is 0 Å². The Hall–Kier alpha value is -3.35. The minimum absolute atomic E-state index is 0.0541. The first-order chi connectivity index (χ1) is 15.1. The molecule has 4 rings (SSSR count). The number of aryl methyl sites for hydroxylation is 2. The van der Waals surface area contributed by atoms with Crippen LogP contribution in [0.4, 0.5) is 16.3 Å². The molecule has 2 N–H and O–H groups in total. The number of benzene rings is 2. The molecule has 2 amide bonds. The number of rotatable bonds is 5. The van der Waals surface area contributed by atoms with Crippen molar-refractivity contribution < 1.29 is 4.79 Å². The third-order valence-corrected chi connectivity index (χ3v) is 5.93. The van der Waals surface area contributed by atoms with E-state index in [-0.39, 0.29) is 17.6 Å². The van der Waals surface area contributed by atoms with Crippen LogP contribution in [-0.4, -0.2) is 34.7 Å². The van der Waals surface area contributed by atoms with Gasteiger partial charge in [-0.15, -0.1) is 0 Å². The molecule has 1 fully saturated rings. The monoisotopic (exact) mass is 419 g/mol. The lowest BCUT2D eigenvalue weighted by Crippen LogP contribution is -2.47. The van der Waals surface area contributed by atoms with Crippen molar-refractivity contribution in [2.75, 3.05) is 23.3 Å². The second-order valence-corrected chi connectivity index (χ2v) is 7.84. The Bertz CT molecular complexity index is 1130. The summed E-state index contributed by atoms with van der Waals surface area (Å²) in [4.78, 5) is 32.2. The van der Waals surface area contributed by atoms with Crippen LogP contribution in [0.25, 0.3) is 11.0 Å². The Labute approximate surface area is 182 Å². The number of amides is 2. The standard InChI is InChI=1S/C24H29N5O2/c1-3-17-9-5-6-10-19(17)27-24(31)25-18-13-15-28(16-14-18)22-23(30)29(4-2)21-12-8-7-11-20(21)26-22/h5-12,18H,3-4,13-16H2,1-2H3,(H2,25,27,31). The lowest BCUT2D eigenvalue weighted by molar-refractivity contribution is 0.246. The zero-order valence-electron chi connectivity index (χ0n) is 18.1. The summed E-state index contributed by atoms with van der Waals surface area (Å²) in [5.41, 5.74) is 3.59. The summed E-state index contributed by atoms with van der Waals surface area (Å²) in [5.74, 6) is 0.500. The Kier molecular flexibility index (Phi) is 6.21. The van der Waals surface area contributed by atoms with E-state index in [1.165, 1.54) is 0 Å². The van der Waals surface area contributed by atoms with E-state index in [0.29, 0.717) is 25.5 Å². The molecule has 7 nitrogen and oxygen atoms in total. The van der Waals surface area contributed by atoms with Gasteiger partial charge in [-0.2, -0.15) is 0 Å². The first kappa shape index (κ1) is 20.9. The number of anilines is 2. The zero-order valence-corrected chi connectivity index (χ0v) is 18.1. The first-order valence-electron chi connectivity index (χ1n) is 11.0. The minimum Gasteiger partial charge on any atom is -0.352 e. The normalized spacial score (nSPS) is 14.6. The van der Waals surface area contributed by atoms with Crippen LogP contribution in [0.1, 0.15) is 32.3 Å². The highest BCUT2D eigenvalue weighted by Crippen LogP contribution is 2.19. The Balaban J connectivity index is 1.42. The van der Waals surface area contributed by atoms with Crippen molar-refractivity contribution in [2.24, 2.45) is 0 Å². The first-order valence-corrected chi connectivity index (χ1v) is 11.0. The Morgan fingerprint density at radius 3 is 2.52 bits per heavy atom. The number of para-hydroxylation sites is 3. The average molecular weight is 420 g/mol. The molecular weight excluding hydrogens is 390 g/mol. The molecule has 162 valence electrons. The van der Waals surface area contributed by atoms with Gasteiger partial charge in [0.05, 0.1) is 11.0 Å². The molecule has 7 heteroatoms. The number of fused-ring (bicyclic) bond motifs is 1. The fourth-order valence-electron chi connectivity index (χ4n) is 4.23. The van der Waals surface area contributed by atoms with Gasteiger partial charge in [0.2, 0.25) is 0 Å². The number of piperidine rings is 1. The van der Waals surface area contributed by atoms with E-state index in [4.69, 9.17) is 0 Å². The quantitative estimate of drug-likeness (QED) is 0.660. The largest absolute Gasteiger partial charge is 0.352 e. The van der Waals surface area contributed by atoms with Crippen LogP contribution < -0.4 is 21.1 Å². The van der Waals surface area contributed by atoms with E-state index in [0.717, 1.165) is 41.5 Å². The highest BCUT2D eigenvalue weighted by molar-refractivity contribution is 5.90. The molecule has 0 atom stereocenters. The number of carbonyl (C=O) groups is 1. The zero-order chi connectivity index (χ0) is 21.8. The maximum atomic E-state index is 13.0. The number of hydrogen-bond acceptors (Lipinski definition) is 4. The highest BCUT2D eigenvalue weighted by Gasteiger charge is 2.24. The lowest BCUT2D eigenvalue weighted by Gasteiger charge is -2.33. The van der Waals surface area contributed by atoms with Crippen LogP contribution in [0.15, 0.2) is 53.3 Å². The van der Waals surface area contributed by atoms with Crippen molar-refractivity contribution in [3.8, 4) is 0 Å². The van der Waals surface area contributed by atoms with E-state index >= 15 is 0 Å². The summed E-state index contributed by atoms with van der Waals surface area (Å²) in [6, 6.07) is 15.5. The van der Waals surface area contributed by atoms with E-state index in [2.05, 4.69) is 22.5 Å². The van der Waals surface area contributed by atoms with Crippen LogP contribution in [-0.2, 0) is 13.0 Å². The van der Waals surface area contributed by atoms with Gasteiger partial charge in [-0.1, -0.05) is 37.3 Å². The Morgan fingerprint density at radius 2 is 1.77 bits per heavy atom. The second kappa shape index (κ2) is 9.20. The predicted molar refractivity (Wildman–Crippen MR) is 125 cm³/mol. The van der Waals surface area contributed by atoms with Gasteiger partial charge in [0.1, 0.15) is 0 Å². The molecule has 3 aromatic rings. The predicted octanol–water partition coefficient (Wildman–Crippen LogP) is 3.77. The smallest absolute Gasteiger partial charge is 0.319 e. The van der Waals surface area contributed by atoms with Gasteiger partial charge in [-0.3, -0.25) is 4.79 Å². The highest BCUT2D eigenvalue weighted by atomic mass is 16.2. The molecule has 0 radical (unpaired) electrons. The molecule has 0 spiro atoms. The van der Waals surface area contributed by atoms with E-state index in [1.54, 1.807) is 4.57 Å². The SMILES string of the molecule is CCc1ccccc1NC(=O)NC1CCN(c2nc3ccccc3n(CC)c2=O)CC1. The fourth-order valence-corrected chi connectivity index (χ4v) is 4.23. The van der Waals surface area contributed by atoms with Gasteiger partial charge in [-0.25, -0.2) is 9.78 Å². The summed E-state index contributed by atoms with van der Waals surface area (Å²) in [7, 11) is 0. The molecule has 1 aliphatic rings. The summed E-state index contributed by atoms with van der Waals surface area (Å²) < 4.78 is 1.78. The molecule has 1 aromatic heterocycles. The number of nitrogens with zero attached hydrogens (tertiary/aromatic N) is 3. The molecule has 0 saturated carbocycles.